The van der Waals surface area contributed by atoms with E-state index in [-0.39, 0.29) is 0 Å². The van der Waals surface area contributed by atoms with E-state index in [0.717, 1.165) is 19.6 Å². The lowest BCUT2D eigenvalue weighted by atomic mass is 10.2. The van der Waals surface area contributed by atoms with Crippen molar-refractivity contribution in [1.82, 2.24) is 9.80 Å². The van der Waals surface area contributed by atoms with Crippen LogP contribution in [0.25, 0.3) is 0 Å². The van der Waals surface area contributed by atoms with Crippen LogP contribution in [0.4, 0.5) is 0 Å². The van der Waals surface area contributed by atoms with Crippen LogP contribution in [-0.2, 0) is 0 Å². The molecule has 3 heteroatoms. The fourth-order valence-electron chi connectivity index (χ4n) is 1.48. The molecule has 0 radical (unpaired) electrons. The van der Waals surface area contributed by atoms with Crippen molar-refractivity contribution in [3.05, 3.63) is 23.7 Å². The number of piperazine rings is 1. The second kappa shape index (κ2) is 4.33. The number of likely N-dealkylation sites (N-methyl/N-ethyl adjacent to an activating group) is 1. The number of hydrogen-bond donors (Lipinski definition) is 1. The summed E-state index contributed by atoms with van der Waals surface area (Å²) >= 11 is 0. The zero-order valence-corrected chi connectivity index (χ0v) is 8.75. The van der Waals surface area contributed by atoms with Gasteiger partial charge in [0.25, 0.3) is 0 Å². The van der Waals surface area contributed by atoms with Gasteiger partial charge in [-0.3, -0.25) is 4.90 Å². The highest BCUT2D eigenvalue weighted by Crippen LogP contribution is 2.12. The summed E-state index contributed by atoms with van der Waals surface area (Å²) in [6.45, 7) is 7.28. The third kappa shape index (κ3) is 2.77. The number of rotatable bonds is 1. The monoisotopic (exact) mass is 181 g/mol. The quantitative estimate of drug-likeness (QED) is 0.654. The van der Waals surface area contributed by atoms with Crippen LogP contribution < -0.4 is 5.73 Å². The molecule has 13 heavy (non-hydrogen) atoms. The lowest BCUT2D eigenvalue weighted by Gasteiger charge is -2.34. The average Bonchev–Trinajstić information content (AvgIpc) is 2.07. The molecule has 1 aliphatic rings. The fraction of sp³-hybridized carbons (Fsp3) is 0.600. The van der Waals surface area contributed by atoms with E-state index in [1.807, 2.05) is 0 Å². The molecule has 0 amide bonds. The normalized spacial score (nSPS) is 22.1. The zero-order chi connectivity index (χ0) is 9.84. The third-order valence-corrected chi connectivity index (χ3v) is 2.13. The molecule has 2 N–H and O–H groups in total. The molecule has 0 spiro atoms. The smallest absolute Gasteiger partial charge is 0.0473 e. The maximum Gasteiger partial charge on any atom is 0.0473 e. The van der Waals surface area contributed by atoms with Crippen LogP contribution in [0.2, 0.25) is 0 Å². The summed E-state index contributed by atoms with van der Waals surface area (Å²) in [4.78, 5) is 4.50. The van der Waals surface area contributed by atoms with Crippen molar-refractivity contribution in [2.24, 2.45) is 5.73 Å². The highest BCUT2D eigenvalue weighted by Gasteiger charge is 2.15. The Morgan fingerprint density at radius 3 is 2.62 bits per heavy atom. The molecule has 74 valence electrons. The van der Waals surface area contributed by atoms with Gasteiger partial charge >= 0.3 is 0 Å². The van der Waals surface area contributed by atoms with Crippen LogP contribution in [0.3, 0.4) is 0 Å². The van der Waals surface area contributed by atoms with Crippen LogP contribution in [0.15, 0.2) is 23.7 Å². The molecule has 0 bridgehead atoms. The Balaban J connectivity index is 2.69. The summed E-state index contributed by atoms with van der Waals surface area (Å²) in [6, 6.07) is 0. The molecule has 1 rings (SSSR count). The van der Waals surface area contributed by atoms with E-state index < -0.39 is 0 Å². The van der Waals surface area contributed by atoms with E-state index >= 15 is 0 Å². The molecular weight excluding hydrogens is 162 g/mol. The molecule has 1 saturated heterocycles. The van der Waals surface area contributed by atoms with Crippen molar-refractivity contribution in [1.29, 1.82) is 0 Å². The summed E-state index contributed by atoms with van der Waals surface area (Å²) in [7, 11) is 2.11. The van der Waals surface area contributed by atoms with Gasteiger partial charge in [-0.15, -0.1) is 0 Å². The molecule has 0 saturated carbocycles. The second-order valence-corrected chi connectivity index (χ2v) is 3.80. The molecule has 0 aromatic heterocycles. The minimum Gasteiger partial charge on any atom is -0.403 e. The predicted molar refractivity (Wildman–Crippen MR) is 55.9 cm³/mol. The molecule has 0 atom stereocenters. The number of hydrogen-bond acceptors (Lipinski definition) is 3. The largest absolute Gasteiger partial charge is 0.403 e. The summed E-state index contributed by atoms with van der Waals surface area (Å²) in [5.41, 5.74) is 8.07. The fourth-order valence-corrected chi connectivity index (χ4v) is 1.48. The van der Waals surface area contributed by atoms with Crippen LogP contribution in [0, 0.1) is 0 Å². The van der Waals surface area contributed by atoms with Crippen LogP contribution in [0.5, 0.6) is 0 Å². The molecule has 3 nitrogen and oxygen atoms in total. The first-order valence-corrected chi connectivity index (χ1v) is 4.64. The van der Waals surface area contributed by atoms with E-state index in [4.69, 9.17) is 5.73 Å². The van der Waals surface area contributed by atoms with Crippen molar-refractivity contribution in [2.45, 2.75) is 13.8 Å². The second-order valence-electron chi connectivity index (χ2n) is 3.80. The standard InChI is InChI=1S/C10H19N3/c1-9(2)7-13-5-4-12(3)8-10(13)6-11/h6-7H,4-5,8,11H2,1-3H3/b10-6-. The minimum atomic E-state index is 0.945. The van der Waals surface area contributed by atoms with E-state index in [2.05, 4.69) is 36.9 Å². The maximum absolute atomic E-state index is 5.57. The highest BCUT2D eigenvalue weighted by molar-refractivity contribution is 5.10. The van der Waals surface area contributed by atoms with Gasteiger partial charge in [0.1, 0.15) is 0 Å². The van der Waals surface area contributed by atoms with E-state index in [0.29, 0.717) is 0 Å². The van der Waals surface area contributed by atoms with Crippen molar-refractivity contribution in [3.63, 3.8) is 0 Å². The highest BCUT2D eigenvalue weighted by atomic mass is 15.2. The topological polar surface area (TPSA) is 32.5 Å². The summed E-state index contributed by atoms with van der Waals surface area (Å²) in [5.74, 6) is 0. The third-order valence-electron chi connectivity index (χ3n) is 2.13. The number of nitrogens with zero attached hydrogens (tertiary/aromatic N) is 2. The number of nitrogens with two attached hydrogens (primary N) is 1. The Morgan fingerprint density at radius 1 is 1.38 bits per heavy atom. The first-order chi connectivity index (χ1) is 6.13. The van der Waals surface area contributed by atoms with Gasteiger partial charge in [-0.25, -0.2) is 0 Å². The lowest BCUT2D eigenvalue weighted by molar-refractivity contribution is 0.244. The van der Waals surface area contributed by atoms with Crippen molar-refractivity contribution in [3.8, 4) is 0 Å². The first kappa shape index (κ1) is 10.1. The Bertz CT molecular complexity index is 226. The molecule has 1 fully saturated rings. The lowest BCUT2D eigenvalue weighted by Crippen LogP contribution is -2.40. The van der Waals surface area contributed by atoms with Gasteiger partial charge in [-0.05, 0) is 20.9 Å². The minimum absolute atomic E-state index is 0.945. The Labute approximate surface area is 80.5 Å². The summed E-state index contributed by atoms with van der Waals surface area (Å²) in [6.07, 6.45) is 3.86. The molecule has 0 aliphatic carbocycles. The van der Waals surface area contributed by atoms with Gasteiger partial charge < -0.3 is 10.6 Å². The van der Waals surface area contributed by atoms with Crippen molar-refractivity contribution >= 4 is 0 Å². The van der Waals surface area contributed by atoms with Crippen molar-refractivity contribution < 1.29 is 0 Å². The molecule has 0 aromatic carbocycles. The van der Waals surface area contributed by atoms with E-state index in [9.17, 15) is 0 Å². The van der Waals surface area contributed by atoms with Gasteiger partial charge in [0, 0.05) is 37.7 Å². The zero-order valence-electron chi connectivity index (χ0n) is 8.75. The SMILES string of the molecule is CC(C)=CN1CCN(C)C/C1=C/N. The molecule has 1 heterocycles. The van der Waals surface area contributed by atoms with Crippen LogP contribution in [0.1, 0.15) is 13.8 Å². The Hall–Kier alpha value is -0.960. The first-order valence-electron chi connectivity index (χ1n) is 4.64. The van der Waals surface area contributed by atoms with E-state index in [1.54, 1.807) is 6.20 Å². The average molecular weight is 181 g/mol. The predicted octanol–water partition coefficient (Wildman–Crippen LogP) is 0.958. The summed E-state index contributed by atoms with van der Waals surface area (Å²) < 4.78 is 0. The molecule has 0 unspecified atom stereocenters. The van der Waals surface area contributed by atoms with Gasteiger partial charge in [0.15, 0.2) is 0 Å². The molecule has 0 aromatic rings. The van der Waals surface area contributed by atoms with E-state index in [1.165, 1.54) is 11.3 Å². The van der Waals surface area contributed by atoms with Gasteiger partial charge in [0.2, 0.25) is 0 Å². The van der Waals surface area contributed by atoms with Crippen LogP contribution in [-0.4, -0.2) is 36.5 Å². The van der Waals surface area contributed by atoms with Crippen LogP contribution >= 0.6 is 0 Å². The Kier molecular flexibility index (Phi) is 3.37. The van der Waals surface area contributed by atoms with Crippen molar-refractivity contribution in [2.75, 3.05) is 26.7 Å². The molecular formula is C10H19N3. The number of allylic oxidation sites excluding steroid dienone is 1. The maximum atomic E-state index is 5.57. The van der Waals surface area contributed by atoms with Gasteiger partial charge in [0.05, 0.1) is 0 Å². The molecule has 1 aliphatic heterocycles. The Morgan fingerprint density at radius 2 is 2.08 bits per heavy atom. The summed E-state index contributed by atoms with van der Waals surface area (Å²) in [5, 5.41) is 0. The van der Waals surface area contributed by atoms with Gasteiger partial charge in [-0.1, -0.05) is 5.57 Å². The van der Waals surface area contributed by atoms with Gasteiger partial charge in [-0.2, -0.15) is 0 Å².